The predicted molar refractivity (Wildman–Crippen MR) is 88.0 cm³/mol. The van der Waals surface area contributed by atoms with Crippen LogP contribution >= 0.6 is 0 Å². The molecule has 1 aliphatic heterocycles. The molecule has 1 aliphatic rings. The van der Waals surface area contributed by atoms with Gasteiger partial charge in [-0.3, -0.25) is 4.79 Å². The molecule has 1 unspecified atom stereocenters. The van der Waals surface area contributed by atoms with Crippen molar-refractivity contribution in [1.29, 1.82) is 0 Å². The van der Waals surface area contributed by atoms with Gasteiger partial charge in [0.15, 0.2) is 0 Å². The molecule has 0 fully saturated rings. The van der Waals surface area contributed by atoms with Gasteiger partial charge in [0.25, 0.3) is 5.91 Å². The van der Waals surface area contributed by atoms with Gasteiger partial charge in [0.1, 0.15) is 0 Å². The molecule has 0 aliphatic carbocycles. The Morgan fingerprint density at radius 3 is 2.19 bits per heavy atom. The Balaban J connectivity index is 2.45. The molecular weight excluding hydrogens is 258 g/mol. The molecule has 2 rings (SSSR count). The standard InChI is InChI=1S/C19H27NO/c1-4-10-16-17(11-5-2)19(21)20(14-6-3)18(16)15-12-8-7-9-13-15/h7-9,12-13,18H,4-6,10-11,14H2,1-3H3. The molecule has 0 bridgehead atoms. The Morgan fingerprint density at radius 2 is 1.62 bits per heavy atom. The highest BCUT2D eigenvalue weighted by Crippen LogP contribution is 2.41. The lowest BCUT2D eigenvalue weighted by Crippen LogP contribution is -2.31. The summed E-state index contributed by atoms with van der Waals surface area (Å²) in [5, 5.41) is 0. The third-order valence-corrected chi connectivity index (χ3v) is 4.15. The van der Waals surface area contributed by atoms with Crippen molar-refractivity contribution in [3.05, 3.63) is 47.0 Å². The zero-order chi connectivity index (χ0) is 15.2. The number of hydrogen-bond donors (Lipinski definition) is 0. The van der Waals surface area contributed by atoms with Crippen molar-refractivity contribution in [3.63, 3.8) is 0 Å². The quantitative estimate of drug-likeness (QED) is 0.699. The first-order valence-corrected chi connectivity index (χ1v) is 8.32. The number of amides is 1. The summed E-state index contributed by atoms with van der Waals surface area (Å²) in [4.78, 5) is 14.9. The van der Waals surface area contributed by atoms with E-state index in [0.717, 1.165) is 44.2 Å². The molecule has 21 heavy (non-hydrogen) atoms. The minimum atomic E-state index is 0.167. The van der Waals surface area contributed by atoms with E-state index in [-0.39, 0.29) is 11.9 Å². The van der Waals surface area contributed by atoms with Crippen LogP contribution in [0, 0.1) is 0 Å². The van der Waals surface area contributed by atoms with Crippen molar-refractivity contribution in [2.75, 3.05) is 6.54 Å². The number of nitrogens with zero attached hydrogens (tertiary/aromatic N) is 1. The number of carbonyl (C=O) groups excluding carboxylic acids is 1. The maximum Gasteiger partial charge on any atom is 0.250 e. The molecule has 1 aromatic rings. The average Bonchev–Trinajstić information content (AvgIpc) is 2.75. The molecule has 1 aromatic carbocycles. The van der Waals surface area contributed by atoms with Crippen LogP contribution in [0.1, 0.15) is 64.5 Å². The molecule has 0 spiro atoms. The van der Waals surface area contributed by atoms with Crippen LogP contribution in [0.15, 0.2) is 41.5 Å². The van der Waals surface area contributed by atoms with Gasteiger partial charge < -0.3 is 4.90 Å². The van der Waals surface area contributed by atoms with Crippen LogP contribution in [-0.4, -0.2) is 17.4 Å². The second-order valence-electron chi connectivity index (χ2n) is 5.82. The maximum atomic E-state index is 12.8. The van der Waals surface area contributed by atoms with Gasteiger partial charge in [0.2, 0.25) is 0 Å². The SMILES string of the molecule is CCCC1=C(CCC)C(c2ccccc2)N(CCC)C1=O. The van der Waals surface area contributed by atoms with Crippen molar-refractivity contribution < 1.29 is 4.79 Å². The number of rotatable bonds is 7. The van der Waals surface area contributed by atoms with Gasteiger partial charge in [-0.15, -0.1) is 0 Å². The molecule has 1 amide bonds. The van der Waals surface area contributed by atoms with Crippen LogP contribution in [0.2, 0.25) is 0 Å². The smallest absolute Gasteiger partial charge is 0.250 e. The van der Waals surface area contributed by atoms with Crippen LogP contribution in [0.25, 0.3) is 0 Å². The second kappa shape index (κ2) is 7.44. The van der Waals surface area contributed by atoms with Gasteiger partial charge in [-0.2, -0.15) is 0 Å². The van der Waals surface area contributed by atoms with Crippen LogP contribution in [0.4, 0.5) is 0 Å². The van der Waals surface area contributed by atoms with Gasteiger partial charge in [0.05, 0.1) is 6.04 Å². The molecular formula is C19H27NO. The van der Waals surface area contributed by atoms with Crippen molar-refractivity contribution >= 4 is 5.91 Å². The Bertz CT molecular complexity index is 504. The van der Waals surface area contributed by atoms with E-state index >= 15 is 0 Å². The second-order valence-corrected chi connectivity index (χ2v) is 5.82. The lowest BCUT2D eigenvalue weighted by molar-refractivity contribution is -0.127. The highest BCUT2D eigenvalue weighted by molar-refractivity contribution is 5.97. The normalized spacial score (nSPS) is 18.7. The third-order valence-electron chi connectivity index (χ3n) is 4.15. The number of hydrogen-bond acceptors (Lipinski definition) is 1. The zero-order valence-corrected chi connectivity index (χ0v) is 13.6. The highest BCUT2D eigenvalue weighted by Gasteiger charge is 2.37. The van der Waals surface area contributed by atoms with Gasteiger partial charge in [0, 0.05) is 12.1 Å². The molecule has 2 nitrogen and oxygen atoms in total. The van der Waals surface area contributed by atoms with Crippen molar-refractivity contribution in [1.82, 2.24) is 4.90 Å². The van der Waals surface area contributed by atoms with Crippen LogP contribution in [-0.2, 0) is 4.79 Å². The lowest BCUT2D eigenvalue weighted by atomic mass is 9.93. The summed E-state index contributed by atoms with van der Waals surface area (Å²) in [6.45, 7) is 7.35. The van der Waals surface area contributed by atoms with Crippen LogP contribution < -0.4 is 0 Å². The fraction of sp³-hybridized carbons (Fsp3) is 0.526. The monoisotopic (exact) mass is 285 g/mol. The van der Waals surface area contributed by atoms with Crippen molar-refractivity contribution in [3.8, 4) is 0 Å². The molecule has 0 N–H and O–H groups in total. The maximum absolute atomic E-state index is 12.8. The molecule has 0 radical (unpaired) electrons. The largest absolute Gasteiger partial charge is 0.328 e. The van der Waals surface area contributed by atoms with Gasteiger partial charge in [-0.05, 0) is 30.4 Å². The van der Waals surface area contributed by atoms with Gasteiger partial charge >= 0.3 is 0 Å². The van der Waals surface area contributed by atoms with E-state index in [4.69, 9.17) is 0 Å². The van der Waals surface area contributed by atoms with E-state index in [1.54, 1.807) is 0 Å². The van der Waals surface area contributed by atoms with E-state index in [2.05, 4.69) is 49.9 Å². The fourth-order valence-corrected chi connectivity index (χ4v) is 3.34. The summed E-state index contributed by atoms with van der Waals surface area (Å²) in [6.07, 6.45) is 5.08. The Morgan fingerprint density at radius 1 is 0.952 bits per heavy atom. The molecule has 1 heterocycles. The summed E-state index contributed by atoms with van der Waals surface area (Å²) in [7, 11) is 0. The predicted octanol–water partition coefficient (Wildman–Crippen LogP) is 4.88. The summed E-state index contributed by atoms with van der Waals surface area (Å²) in [6, 6.07) is 10.7. The molecule has 1 atom stereocenters. The first-order valence-electron chi connectivity index (χ1n) is 8.32. The number of benzene rings is 1. The van der Waals surface area contributed by atoms with E-state index in [9.17, 15) is 4.79 Å². The van der Waals surface area contributed by atoms with E-state index < -0.39 is 0 Å². The zero-order valence-electron chi connectivity index (χ0n) is 13.6. The Hall–Kier alpha value is -1.57. The lowest BCUT2D eigenvalue weighted by Gasteiger charge is -2.27. The third kappa shape index (κ3) is 3.20. The van der Waals surface area contributed by atoms with Crippen LogP contribution in [0.5, 0.6) is 0 Å². The molecule has 0 saturated heterocycles. The summed E-state index contributed by atoms with van der Waals surface area (Å²) in [5.41, 5.74) is 3.71. The van der Waals surface area contributed by atoms with Crippen molar-refractivity contribution in [2.45, 2.75) is 58.9 Å². The Labute approximate surface area is 128 Å². The van der Waals surface area contributed by atoms with Gasteiger partial charge in [-0.1, -0.05) is 63.9 Å². The number of carbonyl (C=O) groups is 1. The summed E-state index contributed by atoms with van der Waals surface area (Å²) in [5.74, 6) is 0.274. The first kappa shape index (κ1) is 15.8. The molecule has 0 saturated carbocycles. The highest BCUT2D eigenvalue weighted by atomic mass is 16.2. The summed E-state index contributed by atoms with van der Waals surface area (Å²) < 4.78 is 0. The van der Waals surface area contributed by atoms with E-state index in [1.165, 1.54) is 11.1 Å². The van der Waals surface area contributed by atoms with E-state index in [0.29, 0.717) is 0 Å². The average molecular weight is 285 g/mol. The molecule has 0 aromatic heterocycles. The summed E-state index contributed by atoms with van der Waals surface area (Å²) >= 11 is 0. The minimum Gasteiger partial charge on any atom is -0.328 e. The van der Waals surface area contributed by atoms with Crippen LogP contribution in [0.3, 0.4) is 0 Å². The first-order chi connectivity index (χ1) is 10.2. The minimum absolute atomic E-state index is 0.167. The Kier molecular flexibility index (Phi) is 5.60. The molecule has 114 valence electrons. The topological polar surface area (TPSA) is 20.3 Å². The van der Waals surface area contributed by atoms with Gasteiger partial charge in [-0.25, -0.2) is 0 Å². The molecule has 2 heteroatoms. The van der Waals surface area contributed by atoms with E-state index in [1.807, 2.05) is 6.07 Å². The fourth-order valence-electron chi connectivity index (χ4n) is 3.34. The van der Waals surface area contributed by atoms with Crippen molar-refractivity contribution in [2.24, 2.45) is 0 Å².